The summed E-state index contributed by atoms with van der Waals surface area (Å²) in [6, 6.07) is 10.1. The summed E-state index contributed by atoms with van der Waals surface area (Å²) in [5, 5.41) is 7.91. The van der Waals surface area contributed by atoms with Crippen molar-refractivity contribution < 1.29 is 9.47 Å². The minimum absolute atomic E-state index is 0.433. The summed E-state index contributed by atoms with van der Waals surface area (Å²) >= 11 is 0. The first-order valence-corrected chi connectivity index (χ1v) is 8.40. The predicted octanol–water partition coefficient (Wildman–Crippen LogP) is 3.59. The van der Waals surface area contributed by atoms with E-state index in [2.05, 4.69) is 41.4 Å². The maximum atomic E-state index is 5.56. The number of methoxy groups -OCH3 is 2. The quantitative estimate of drug-likeness (QED) is 0.666. The van der Waals surface area contributed by atoms with Crippen LogP contribution < -0.4 is 10.1 Å². The molecule has 6 heteroatoms. The van der Waals surface area contributed by atoms with E-state index in [-0.39, 0.29) is 0 Å². The number of anilines is 1. The zero-order valence-electron chi connectivity index (χ0n) is 15.1. The SMILES string of the molecule is COCCNc1ccc2ncc(-c3cc(C(C)C)ccc3OC)n2n1. The molecule has 0 spiro atoms. The van der Waals surface area contributed by atoms with E-state index in [1.807, 2.05) is 28.9 Å². The van der Waals surface area contributed by atoms with Gasteiger partial charge < -0.3 is 14.8 Å². The molecule has 132 valence electrons. The van der Waals surface area contributed by atoms with Gasteiger partial charge in [0.15, 0.2) is 5.65 Å². The monoisotopic (exact) mass is 340 g/mol. The van der Waals surface area contributed by atoms with Crippen LogP contribution in [0.15, 0.2) is 36.5 Å². The zero-order chi connectivity index (χ0) is 17.8. The van der Waals surface area contributed by atoms with Crippen molar-refractivity contribution in [2.45, 2.75) is 19.8 Å². The molecule has 0 radical (unpaired) electrons. The average molecular weight is 340 g/mol. The number of imidazole rings is 1. The summed E-state index contributed by atoms with van der Waals surface area (Å²) < 4.78 is 12.5. The number of rotatable bonds is 7. The smallest absolute Gasteiger partial charge is 0.154 e. The Morgan fingerprint density at radius 2 is 2.00 bits per heavy atom. The fourth-order valence-corrected chi connectivity index (χ4v) is 2.72. The van der Waals surface area contributed by atoms with Crippen molar-refractivity contribution in [2.75, 3.05) is 32.7 Å². The lowest BCUT2D eigenvalue weighted by Gasteiger charge is -2.13. The Kier molecular flexibility index (Phi) is 5.19. The molecule has 1 aromatic carbocycles. The molecule has 0 saturated heterocycles. The van der Waals surface area contributed by atoms with E-state index in [1.54, 1.807) is 14.2 Å². The fourth-order valence-electron chi connectivity index (χ4n) is 2.72. The van der Waals surface area contributed by atoms with Crippen molar-refractivity contribution in [1.82, 2.24) is 14.6 Å². The van der Waals surface area contributed by atoms with E-state index in [1.165, 1.54) is 5.56 Å². The van der Waals surface area contributed by atoms with Crippen molar-refractivity contribution in [1.29, 1.82) is 0 Å². The van der Waals surface area contributed by atoms with E-state index < -0.39 is 0 Å². The highest BCUT2D eigenvalue weighted by Crippen LogP contribution is 2.33. The highest BCUT2D eigenvalue weighted by atomic mass is 16.5. The first-order chi connectivity index (χ1) is 12.1. The van der Waals surface area contributed by atoms with E-state index in [9.17, 15) is 0 Å². The second kappa shape index (κ2) is 7.53. The molecular formula is C19H24N4O2. The Morgan fingerprint density at radius 3 is 2.72 bits per heavy atom. The van der Waals surface area contributed by atoms with Gasteiger partial charge >= 0.3 is 0 Å². The lowest BCUT2D eigenvalue weighted by atomic mass is 9.99. The van der Waals surface area contributed by atoms with E-state index in [0.29, 0.717) is 19.1 Å². The average Bonchev–Trinajstić information content (AvgIpc) is 3.04. The summed E-state index contributed by atoms with van der Waals surface area (Å²) in [5.41, 5.74) is 3.94. The molecule has 2 aromatic heterocycles. The molecule has 0 atom stereocenters. The van der Waals surface area contributed by atoms with Crippen LogP contribution >= 0.6 is 0 Å². The summed E-state index contributed by atoms with van der Waals surface area (Å²) in [6.45, 7) is 5.68. The molecule has 0 aliphatic rings. The number of hydrogen-bond acceptors (Lipinski definition) is 5. The molecule has 0 aliphatic heterocycles. The van der Waals surface area contributed by atoms with Gasteiger partial charge in [0.2, 0.25) is 0 Å². The third-order valence-corrected chi connectivity index (χ3v) is 4.14. The van der Waals surface area contributed by atoms with E-state index >= 15 is 0 Å². The lowest BCUT2D eigenvalue weighted by Crippen LogP contribution is -2.10. The van der Waals surface area contributed by atoms with Crippen LogP contribution in [0.5, 0.6) is 5.75 Å². The summed E-state index contributed by atoms with van der Waals surface area (Å²) in [6.07, 6.45) is 1.84. The second-order valence-corrected chi connectivity index (χ2v) is 6.17. The van der Waals surface area contributed by atoms with Gasteiger partial charge in [-0.1, -0.05) is 19.9 Å². The number of aromatic nitrogens is 3. The number of fused-ring (bicyclic) bond motifs is 1. The van der Waals surface area contributed by atoms with E-state index in [4.69, 9.17) is 9.47 Å². The van der Waals surface area contributed by atoms with Gasteiger partial charge in [-0.3, -0.25) is 0 Å². The van der Waals surface area contributed by atoms with Crippen LogP contribution in [0.4, 0.5) is 5.82 Å². The van der Waals surface area contributed by atoms with Gasteiger partial charge in [-0.15, -0.1) is 5.10 Å². The topological polar surface area (TPSA) is 60.7 Å². The van der Waals surface area contributed by atoms with Crippen molar-refractivity contribution in [3.63, 3.8) is 0 Å². The molecule has 0 aliphatic carbocycles. The molecule has 0 fully saturated rings. The normalized spacial score (nSPS) is 11.2. The van der Waals surface area contributed by atoms with Crippen molar-refractivity contribution in [2.24, 2.45) is 0 Å². The van der Waals surface area contributed by atoms with Crippen LogP contribution in [-0.4, -0.2) is 42.0 Å². The maximum absolute atomic E-state index is 5.56. The van der Waals surface area contributed by atoms with E-state index in [0.717, 1.165) is 28.5 Å². The van der Waals surface area contributed by atoms with Gasteiger partial charge in [-0.2, -0.15) is 0 Å². The molecule has 1 N–H and O–H groups in total. The minimum Gasteiger partial charge on any atom is -0.496 e. The molecular weight excluding hydrogens is 316 g/mol. The Balaban J connectivity index is 2.06. The Hall–Kier alpha value is -2.60. The lowest BCUT2D eigenvalue weighted by molar-refractivity contribution is 0.210. The van der Waals surface area contributed by atoms with Crippen LogP contribution in [0.25, 0.3) is 16.9 Å². The maximum Gasteiger partial charge on any atom is 0.154 e. The number of benzene rings is 1. The standard InChI is InChI=1S/C19H24N4O2/c1-13(2)14-5-6-17(25-4)15(11-14)16-12-21-19-8-7-18(22-23(16)19)20-9-10-24-3/h5-8,11-13H,9-10H2,1-4H3,(H,20,22). The van der Waals surface area contributed by atoms with Crippen molar-refractivity contribution in [3.05, 3.63) is 42.1 Å². The summed E-state index contributed by atoms with van der Waals surface area (Å²) in [4.78, 5) is 4.47. The Labute approximate surface area is 147 Å². The molecule has 3 aromatic rings. The predicted molar refractivity (Wildman–Crippen MR) is 99.4 cm³/mol. The van der Waals surface area contributed by atoms with Crippen molar-refractivity contribution in [3.8, 4) is 17.0 Å². The molecule has 0 bridgehead atoms. The van der Waals surface area contributed by atoms with Crippen LogP contribution in [-0.2, 0) is 4.74 Å². The first-order valence-electron chi connectivity index (χ1n) is 8.40. The Bertz CT molecular complexity index is 858. The largest absolute Gasteiger partial charge is 0.496 e. The van der Waals surface area contributed by atoms with Crippen LogP contribution in [0.3, 0.4) is 0 Å². The summed E-state index contributed by atoms with van der Waals surface area (Å²) in [7, 11) is 3.36. The molecule has 2 heterocycles. The molecule has 25 heavy (non-hydrogen) atoms. The van der Waals surface area contributed by atoms with Gasteiger partial charge in [0.25, 0.3) is 0 Å². The van der Waals surface area contributed by atoms with Crippen LogP contribution in [0, 0.1) is 0 Å². The third-order valence-electron chi connectivity index (χ3n) is 4.14. The number of nitrogens with one attached hydrogen (secondary N) is 1. The van der Waals surface area contributed by atoms with Gasteiger partial charge in [-0.25, -0.2) is 9.50 Å². The molecule has 0 amide bonds. The van der Waals surface area contributed by atoms with Gasteiger partial charge in [0.05, 0.1) is 25.6 Å². The van der Waals surface area contributed by atoms with Crippen molar-refractivity contribution >= 4 is 11.5 Å². The molecule has 6 nitrogen and oxygen atoms in total. The number of ether oxygens (including phenoxy) is 2. The number of hydrogen-bond donors (Lipinski definition) is 1. The first kappa shape index (κ1) is 17.2. The molecule has 0 saturated carbocycles. The number of nitrogens with zero attached hydrogens (tertiary/aromatic N) is 3. The van der Waals surface area contributed by atoms with Crippen LogP contribution in [0.1, 0.15) is 25.3 Å². The third kappa shape index (κ3) is 3.58. The highest BCUT2D eigenvalue weighted by molar-refractivity contribution is 5.71. The van der Waals surface area contributed by atoms with Gasteiger partial charge in [0.1, 0.15) is 11.6 Å². The second-order valence-electron chi connectivity index (χ2n) is 6.17. The van der Waals surface area contributed by atoms with Crippen LogP contribution in [0.2, 0.25) is 0 Å². The minimum atomic E-state index is 0.433. The van der Waals surface area contributed by atoms with Gasteiger partial charge in [0, 0.05) is 19.2 Å². The Morgan fingerprint density at radius 1 is 1.16 bits per heavy atom. The molecule has 3 rings (SSSR count). The van der Waals surface area contributed by atoms with Gasteiger partial charge in [-0.05, 0) is 35.7 Å². The fraction of sp³-hybridized carbons (Fsp3) is 0.368. The summed E-state index contributed by atoms with van der Waals surface area (Å²) in [5.74, 6) is 2.02. The zero-order valence-corrected chi connectivity index (χ0v) is 15.1. The highest BCUT2D eigenvalue weighted by Gasteiger charge is 2.14. The molecule has 0 unspecified atom stereocenters.